The predicted octanol–water partition coefficient (Wildman–Crippen LogP) is 0.827. The molecule has 0 spiro atoms. The molecule has 1 unspecified atom stereocenters. The summed E-state index contributed by atoms with van der Waals surface area (Å²) < 4.78 is 22.9. The van der Waals surface area contributed by atoms with Gasteiger partial charge in [0.25, 0.3) is 0 Å². The zero-order valence-electron chi connectivity index (χ0n) is 11.5. The standard InChI is InChI=1S/C14H21N3O2S/c18-20(19)10-5-13(11-20)16-12-3-8-17(9-4-12)14-1-6-15-7-2-14/h1-2,6-7,12-13,16H,3-5,8-11H2. The highest BCUT2D eigenvalue weighted by molar-refractivity contribution is 7.91. The summed E-state index contributed by atoms with van der Waals surface area (Å²) in [6, 6.07) is 4.69. The van der Waals surface area contributed by atoms with Crippen LogP contribution >= 0.6 is 0 Å². The molecule has 2 aliphatic rings. The lowest BCUT2D eigenvalue weighted by molar-refractivity contribution is 0.379. The van der Waals surface area contributed by atoms with Crippen molar-refractivity contribution in [3.05, 3.63) is 24.5 Å². The average Bonchev–Trinajstić information content (AvgIpc) is 2.80. The Hall–Kier alpha value is -1.14. The Morgan fingerprint density at radius 3 is 2.40 bits per heavy atom. The summed E-state index contributed by atoms with van der Waals surface area (Å²) in [5.41, 5.74) is 1.22. The van der Waals surface area contributed by atoms with E-state index in [1.54, 1.807) is 0 Å². The van der Waals surface area contributed by atoms with Crippen molar-refractivity contribution in [1.82, 2.24) is 10.3 Å². The minimum absolute atomic E-state index is 0.164. The number of sulfone groups is 1. The van der Waals surface area contributed by atoms with Crippen LogP contribution in [0.15, 0.2) is 24.5 Å². The Kier molecular flexibility index (Phi) is 3.94. The van der Waals surface area contributed by atoms with Gasteiger partial charge in [0.05, 0.1) is 11.5 Å². The van der Waals surface area contributed by atoms with Crippen LogP contribution in [0.2, 0.25) is 0 Å². The van der Waals surface area contributed by atoms with E-state index < -0.39 is 9.84 Å². The summed E-state index contributed by atoms with van der Waals surface area (Å²) in [5, 5.41) is 3.53. The molecular weight excluding hydrogens is 274 g/mol. The molecule has 6 heteroatoms. The molecule has 1 atom stereocenters. The van der Waals surface area contributed by atoms with Gasteiger partial charge in [-0.2, -0.15) is 0 Å². The van der Waals surface area contributed by atoms with Crippen molar-refractivity contribution in [2.24, 2.45) is 0 Å². The largest absolute Gasteiger partial charge is 0.371 e. The van der Waals surface area contributed by atoms with Crippen LogP contribution in [0.4, 0.5) is 5.69 Å². The molecule has 0 amide bonds. The molecule has 1 aromatic heterocycles. The highest BCUT2D eigenvalue weighted by atomic mass is 32.2. The lowest BCUT2D eigenvalue weighted by Crippen LogP contribution is -2.46. The van der Waals surface area contributed by atoms with Gasteiger partial charge in [-0.05, 0) is 31.4 Å². The summed E-state index contributed by atoms with van der Waals surface area (Å²) >= 11 is 0. The first-order valence-electron chi connectivity index (χ1n) is 7.24. The maximum absolute atomic E-state index is 11.5. The lowest BCUT2D eigenvalue weighted by Gasteiger charge is -2.35. The molecule has 110 valence electrons. The zero-order chi connectivity index (χ0) is 14.0. The number of aromatic nitrogens is 1. The highest BCUT2D eigenvalue weighted by Gasteiger charge is 2.30. The quantitative estimate of drug-likeness (QED) is 0.895. The summed E-state index contributed by atoms with van der Waals surface area (Å²) in [6.45, 7) is 2.03. The number of anilines is 1. The van der Waals surface area contributed by atoms with E-state index in [4.69, 9.17) is 0 Å². The van der Waals surface area contributed by atoms with E-state index in [2.05, 4.69) is 15.2 Å². The number of hydrogen-bond acceptors (Lipinski definition) is 5. The maximum Gasteiger partial charge on any atom is 0.151 e. The van der Waals surface area contributed by atoms with E-state index in [1.807, 2.05) is 24.5 Å². The van der Waals surface area contributed by atoms with Gasteiger partial charge in [0.2, 0.25) is 0 Å². The summed E-state index contributed by atoms with van der Waals surface area (Å²) in [7, 11) is -2.78. The van der Waals surface area contributed by atoms with Gasteiger partial charge in [-0.15, -0.1) is 0 Å². The van der Waals surface area contributed by atoms with Crippen molar-refractivity contribution in [2.75, 3.05) is 29.5 Å². The Morgan fingerprint density at radius 2 is 1.80 bits per heavy atom. The van der Waals surface area contributed by atoms with E-state index in [-0.39, 0.29) is 6.04 Å². The fourth-order valence-corrected chi connectivity index (χ4v) is 4.81. The molecule has 2 saturated heterocycles. The third kappa shape index (κ3) is 3.30. The molecule has 0 saturated carbocycles. The van der Waals surface area contributed by atoms with Crippen molar-refractivity contribution in [3.8, 4) is 0 Å². The van der Waals surface area contributed by atoms with Crippen LogP contribution in [0.1, 0.15) is 19.3 Å². The monoisotopic (exact) mass is 295 g/mol. The minimum atomic E-state index is -2.78. The van der Waals surface area contributed by atoms with E-state index in [0.29, 0.717) is 17.5 Å². The fourth-order valence-electron chi connectivity index (χ4n) is 3.12. The average molecular weight is 295 g/mol. The Labute approximate surface area is 120 Å². The van der Waals surface area contributed by atoms with Crippen LogP contribution in [0.3, 0.4) is 0 Å². The molecule has 3 heterocycles. The Bertz CT molecular complexity index is 539. The first kappa shape index (κ1) is 13.8. The highest BCUT2D eigenvalue weighted by Crippen LogP contribution is 2.20. The predicted molar refractivity (Wildman–Crippen MR) is 79.7 cm³/mol. The van der Waals surface area contributed by atoms with Crippen LogP contribution < -0.4 is 10.2 Å². The van der Waals surface area contributed by atoms with E-state index >= 15 is 0 Å². The topological polar surface area (TPSA) is 62.3 Å². The third-order valence-electron chi connectivity index (χ3n) is 4.23. The van der Waals surface area contributed by atoms with Gasteiger partial charge < -0.3 is 10.2 Å². The molecule has 5 nitrogen and oxygen atoms in total. The maximum atomic E-state index is 11.5. The number of hydrogen-bond donors (Lipinski definition) is 1. The normalized spacial score (nSPS) is 26.8. The first-order chi connectivity index (χ1) is 9.62. The fraction of sp³-hybridized carbons (Fsp3) is 0.643. The summed E-state index contributed by atoms with van der Waals surface area (Å²) in [4.78, 5) is 6.41. The smallest absolute Gasteiger partial charge is 0.151 e. The van der Waals surface area contributed by atoms with Crippen LogP contribution in [0.5, 0.6) is 0 Å². The first-order valence-corrected chi connectivity index (χ1v) is 9.06. The van der Waals surface area contributed by atoms with Gasteiger partial charge in [-0.1, -0.05) is 0 Å². The van der Waals surface area contributed by atoms with E-state index in [0.717, 1.165) is 32.4 Å². The molecule has 2 aliphatic heterocycles. The molecule has 0 aliphatic carbocycles. The molecule has 20 heavy (non-hydrogen) atoms. The van der Waals surface area contributed by atoms with Gasteiger partial charge >= 0.3 is 0 Å². The second-order valence-electron chi connectivity index (χ2n) is 5.73. The van der Waals surface area contributed by atoms with Crippen molar-refractivity contribution in [1.29, 1.82) is 0 Å². The van der Waals surface area contributed by atoms with Crippen LogP contribution in [-0.2, 0) is 9.84 Å². The molecule has 0 aromatic carbocycles. The van der Waals surface area contributed by atoms with Crippen LogP contribution in [0, 0.1) is 0 Å². The van der Waals surface area contributed by atoms with E-state index in [1.165, 1.54) is 5.69 Å². The zero-order valence-corrected chi connectivity index (χ0v) is 12.3. The number of nitrogens with one attached hydrogen (secondary N) is 1. The van der Waals surface area contributed by atoms with Crippen LogP contribution in [-0.4, -0.2) is 50.1 Å². The number of nitrogens with zero attached hydrogens (tertiary/aromatic N) is 2. The molecular formula is C14H21N3O2S. The van der Waals surface area contributed by atoms with Crippen LogP contribution in [0.25, 0.3) is 0 Å². The molecule has 1 aromatic rings. The number of piperidine rings is 1. The van der Waals surface area contributed by atoms with Gasteiger partial charge in [-0.3, -0.25) is 4.98 Å². The Morgan fingerprint density at radius 1 is 1.10 bits per heavy atom. The second-order valence-corrected chi connectivity index (χ2v) is 7.96. The third-order valence-corrected chi connectivity index (χ3v) is 5.99. The lowest BCUT2D eigenvalue weighted by atomic mass is 10.0. The second kappa shape index (κ2) is 5.69. The Balaban J connectivity index is 1.50. The molecule has 0 bridgehead atoms. The SMILES string of the molecule is O=S1(=O)CCC(NC2CCN(c3ccncc3)CC2)C1. The molecule has 2 fully saturated rings. The van der Waals surface area contributed by atoms with Gasteiger partial charge in [0, 0.05) is 43.3 Å². The van der Waals surface area contributed by atoms with Crippen molar-refractivity contribution in [3.63, 3.8) is 0 Å². The van der Waals surface area contributed by atoms with Gasteiger partial charge in [-0.25, -0.2) is 8.42 Å². The van der Waals surface area contributed by atoms with Gasteiger partial charge in [0.1, 0.15) is 0 Å². The summed E-state index contributed by atoms with van der Waals surface area (Å²) in [6.07, 6.45) is 6.55. The minimum Gasteiger partial charge on any atom is -0.371 e. The van der Waals surface area contributed by atoms with Crippen molar-refractivity contribution >= 4 is 15.5 Å². The molecule has 3 rings (SSSR count). The number of pyridine rings is 1. The van der Waals surface area contributed by atoms with Crippen molar-refractivity contribution in [2.45, 2.75) is 31.3 Å². The molecule has 0 radical (unpaired) electrons. The van der Waals surface area contributed by atoms with Gasteiger partial charge in [0.15, 0.2) is 9.84 Å². The summed E-state index contributed by atoms with van der Waals surface area (Å²) in [5.74, 6) is 0.665. The molecule has 1 N–H and O–H groups in total. The van der Waals surface area contributed by atoms with E-state index in [9.17, 15) is 8.42 Å². The van der Waals surface area contributed by atoms with Crippen molar-refractivity contribution < 1.29 is 8.42 Å². The number of rotatable bonds is 3.